The van der Waals surface area contributed by atoms with E-state index in [0.29, 0.717) is 13.0 Å². The highest BCUT2D eigenvalue weighted by molar-refractivity contribution is 5.76. The van der Waals surface area contributed by atoms with Gasteiger partial charge < -0.3 is 10.4 Å². The highest BCUT2D eigenvalue weighted by Gasteiger charge is 2.18. The number of benzene rings is 1. The minimum atomic E-state index is -0.758. The van der Waals surface area contributed by atoms with E-state index in [1.807, 2.05) is 37.4 Å². The van der Waals surface area contributed by atoms with E-state index in [2.05, 4.69) is 5.32 Å². The summed E-state index contributed by atoms with van der Waals surface area (Å²) >= 11 is 0. The molecule has 0 saturated carbocycles. The van der Waals surface area contributed by atoms with Gasteiger partial charge in [-0.15, -0.1) is 0 Å². The first-order chi connectivity index (χ1) is 6.75. The quantitative estimate of drug-likeness (QED) is 0.744. The molecule has 0 heterocycles. The third-order valence-electron chi connectivity index (χ3n) is 2.18. The number of carbonyl (C=O) groups is 1. The molecule has 0 aliphatic rings. The number of rotatable bonds is 5. The summed E-state index contributed by atoms with van der Waals surface area (Å²) in [4.78, 5) is 11.0. The van der Waals surface area contributed by atoms with E-state index in [-0.39, 0.29) is 0 Å². The van der Waals surface area contributed by atoms with Crippen LogP contribution in [-0.2, 0) is 4.79 Å². The molecule has 0 fully saturated rings. The molecule has 3 nitrogen and oxygen atoms in total. The molecular weight excluding hydrogens is 178 g/mol. The average Bonchev–Trinajstić information content (AvgIpc) is 2.19. The minimum Gasteiger partial charge on any atom is -0.481 e. The first-order valence-corrected chi connectivity index (χ1v) is 4.68. The fourth-order valence-electron chi connectivity index (χ4n) is 1.41. The lowest BCUT2D eigenvalue weighted by atomic mass is 9.96. The maximum atomic E-state index is 11.0. The third kappa shape index (κ3) is 2.85. The Hall–Kier alpha value is -1.35. The molecule has 76 valence electrons. The zero-order valence-corrected chi connectivity index (χ0v) is 8.23. The second kappa shape index (κ2) is 5.40. The number of nitrogens with one attached hydrogen (secondary N) is 1. The van der Waals surface area contributed by atoms with E-state index in [4.69, 9.17) is 5.11 Å². The lowest BCUT2D eigenvalue weighted by molar-refractivity contribution is -0.138. The first kappa shape index (κ1) is 10.7. The number of carboxylic acid groups (broad SMARTS) is 1. The molecule has 2 N–H and O–H groups in total. The van der Waals surface area contributed by atoms with Gasteiger partial charge in [0.05, 0.1) is 5.92 Å². The van der Waals surface area contributed by atoms with Crippen molar-refractivity contribution in [2.24, 2.45) is 0 Å². The van der Waals surface area contributed by atoms with Crippen molar-refractivity contribution in [2.75, 3.05) is 13.6 Å². The van der Waals surface area contributed by atoms with Gasteiger partial charge in [0.2, 0.25) is 0 Å². The minimum absolute atomic E-state index is 0.399. The van der Waals surface area contributed by atoms with Crippen molar-refractivity contribution in [3.05, 3.63) is 35.9 Å². The Kier molecular flexibility index (Phi) is 4.13. The summed E-state index contributed by atoms with van der Waals surface area (Å²) in [6.45, 7) is 0.714. The van der Waals surface area contributed by atoms with E-state index in [1.165, 1.54) is 0 Å². The average molecular weight is 193 g/mol. The van der Waals surface area contributed by atoms with Crippen LogP contribution in [0, 0.1) is 0 Å². The predicted octanol–water partition coefficient (Wildman–Crippen LogP) is 1.46. The number of aliphatic carboxylic acids is 1. The summed E-state index contributed by atoms with van der Waals surface area (Å²) in [7, 11) is 1.82. The van der Waals surface area contributed by atoms with Gasteiger partial charge in [-0.3, -0.25) is 4.79 Å². The Labute approximate surface area is 83.8 Å². The smallest absolute Gasteiger partial charge is 0.311 e. The summed E-state index contributed by atoms with van der Waals surface area (Å²) in [6.07, 6.45) is 0.621. The fraction of sp³-hybridized carbons (Fsp3) is 0.364. The standard InChI is InChI=1S/C11H15NO2/c1-12-8-7-10(11(13)14)9-5-3-2-4-6-9/h2-6,10,12H,7-8H2,1H3,(H,13,14)/t10-/m1/s1. The number of carboxylic acids is 1. The predicted molar refractivity (Wildman–Crippen MR) is 55.4 cm³/mol. The Bertz CT molecular complexity index is 285. The van der Waals surface area contributed by atoms with Crippen LogP contribution in [0.15, 0.2) is 30.3 Å². The van der Waals surface area contributed by atoms with Crippen LogP contribution in [0.5, 0.6) is 0 Å². The van der Waals surface area contributed by atoms with Crippen LogP contribution in [0.3, 0.4) is 0 Å². The fourth-order valence-corrected chi connectivity index (χ4v) is 1.41. The lowest BCUT2D eigenvalue weighted by Gasteiger charge is -2.11. The molecule has 3 heteroatoms. The second-order valence-corrected chi connectivity index (χ2v) is 3.19. The van der Waals surface area contributed by atoms with Gasteiger partial charge >= 0.3 is 5.97 Å². The van der Waals surface area contributed by atoms with Crippen molar-refractivity contribution in [1.29, 1.82) is 0 Å². The van der Waals surface area contributed by atoms with Crippen molar-refractivity contribution < 1.29 is 9.90 Å². The van der Waals surface area contributed by atoms with Crippen molar-refractivity contribution in [1.82, 2.24) is 5.32 Å². The van der Waals surface area contributed by atoms with Crippen molar-refractivity contribution in [3.63, 3.8) is 0 Å². The highest BCUT2D eigenvalue weighted by Crippen LogP contribution is 2.18. The largest absolute Gasteiger partial charge is 0.481 e. The SMILES string of the molecule is CNCC[C@@H](C(=O)O)c1ccccc1. The van der Waals surface area contributed by atoms with E-state index >= 15 is 0 Å². The molecule has 0 aliphatic carbocycles. The van der Waals surface area contributed by atoms with E-state index in [1.54, 1.807) is 0 Å². The van der Waals surface area contributed by atoms with Gasteiger partial charge in [0.1, 0.15) is 0 Å². The molecule has 1 aromatic rings. The molecule has 0 radical (unpaired) electrons. The second-order valence-electron chi connectivity index (χ2n) is 3.19. The summed E-state index contributed by atoms with van der Waals surface area (Å²) in [5, 5.41) is 12.0. The molecule has 0 unspecified atom stereocenters. The molecule has 0 saturated heterocycles. The molecule has 1 rings (SSSR count). The maximum Gasteiger partial charge on any atom is 0.311 e. The van der Waals surface area contributed by atoms with E-state index < -0.39 is 11.9 Å². The molecule has 1 aromatic carbocycles. The number of hydrogen-bond donors (Lipinski definition) is 2. The maximum absolute atomic E-state index is 11.0. The highest BCUT2D eigenvalue weighted by atomic mass is 16.4. The van der Waals surface area contributed by atoms with Crippen LogP contribution < -0.4 is 5.32 Å². The molecule has 0 bridgehead atoms. The van der Waals surface area contributed by atoms with Gasteiger partial charge in [0, 0.05) is 0 Å². The molecular formula is C11H15NO2. The van der Waals surface area contributed by atoms with Crippen molar-refractivity contribution in [2.45, 2.75) is 12.3 Å². The molecule has 14 heavy (non-hydrogen) atoms. The Morgan fingerprint density at radius 3 is 2.57 bits per heavy atom. The van der Waals surface area contributed by atoms with Crippen LogP contribution in [0.1, 0.15) is 17.9 Å². The van der Waals surface area contributed by atoms with Gasteiger partial charge in [-0.2, -0.15) is 0 Å². The molecule has 0 amide bonds. The summed E-state index contributed by atoms with van der Waals surface area (Å²) in [5.41, 5.74) is 0.871. The molecule has 0 aliphatic heterocycles. The van der Waals surface area contributed by atoms with Gasteiger partial charge in [-0.1, -0.05) is 30.3 Å². The summed E-state index contributed by atoms with van der Waals surface area (Å²) in [5.74, 6) is -1.16. The van der Waals surface area contributed by atoms with Crippen LogP contribution in [0.4, 0.5) is 0 Å². The topological polar surface area (TPSA) is 49.3 Å². The molecule has 0 spiro atoms. The van der Waals surface area contributed by atoms with Gasteiger partial charge in [-0.05, 0) is 25.6 Å². The first-order valence-electron chi connectivity index (χ1n) is 4.68. The van der Waals surface area contributed by atoms with Crippen LogP contribution in [0.25, 0.3) is 0 Å². The van der Waals surface area contributed by atoms with Crippen molar-refractivity contribution >= 4 is 5.97 Å². The summed E-state index contributed by atoms with van der Waals surface area (Å²) in [6, 6.07) is 9.33. The zero-order chi connectivity index (χ0) is 10.4. The van der Waals surface area contributed by atoms with Crippen molar-refractivity contribution in [3.8, 4) is 0 Å². The van der Waals surface area contributed by atoms with E-state index in [0.717, 1.165) is 5.56 Å². The summed E-state index contributed by atoms with van der Waals surface area (Å²) < 4.78 is 0. The third-order valence-corrected chi connectivity index (χ3v) is 2.18. The normalized spacial score (nSPS) is 12.4. The van der Waals surface area contributed by atoms with Crippen LogP contribution >= 0.6 is 0 Å². The van der Waals surface area contributed by atoms with Crippen LogP contribution in [0.2, 0.25) is 0 Å². The van der Waals surface area contributed by atoms with E-state index in [9.17, 15) is 4.79 Å². The number of hydrogen-bond acceptors (Lipinski definition) is 2. The Balaban J connectivity index is 2.73. The van der Waals surface area contributed by atoms with Crippen LogP contribution in [-0.4, -0.2) is 24.7 Å². The lowest BCUT2D eigenvalue weighted by Crippen LogP contribution is -2.18. The molecule has 1 atom stereocenters. The van der Waals surface area contributed by atoms with Gasteiger partial charge in [-0.25, -0.2) is 0 Å². The van der Waals surface area contributed by atoms with Gasteiger partial charge in [0.25, 0.3) is 0 Å². The zero-order valence-electron chi connectivity index (χ0n) is 8.23. The Morgan fingerprint density at radius 1 is 1.43 bits per heavy atom. The van der Waals surface area contributed by atoms with Gasteiger partial charge in [0.15, 0.2) is 0 Å². The Morgan fingerprint density at radius 2 is 2.07 bits per heavy atom. The molecule has 0 aromatic heterocycles. The monoisotopic (exact) mass is 193 g/mol.